The Kier molecular flexibility index (Phi) is 5.97. The first-order valence-corrected chi connectivity index (χ1v) is 8.95. The molecule has 0 radical (unpaired) electrons. The van der Waals surface area contributed by atoms with Gasteiger partial charge in [0, 0.05) is 7.05 Å². The number of fused-ring (bicyclic) bond motifs is 1. The highest BCUT2D eigenvalue weighted by Gasteiger charge is 2.15. The van der Waals surface area contributed by atoms with E-state index in [1.807, 2.05) is 24.3 Å². The van der Waals surface area contributed by atoms with Gasteiger partial charge < -0.3 is 14.4 Å². The third kappa shape index (κ3) is 5.24. The van der Waals surface area contributed by atoms with Crippen LogP contribution in [0.4, 0.5) is 4.39 Å². The van der Waals surface area contributed by atoms with Crippen LogP contribution < -0.4 is 4.74 Å². The zero-order valence-electron chi connectivity index (χ0n) is 14.6. The van der Waals surface area contributed by atoms with E-state index in [9.17, 15) is 14.0 Å². The number of aromatic nitrogens is 1. The van der Waals surface area contributed by atoms with Gasteiger partial charge in [0.2, 0.25) is 0 Å². The van der Waals surface area contributed by atoms with Gasteiger partial charge >= 0.3 is 5.97 Å². The molecule has 6 nitrogen and oxygen atoms in total. The standard InChI is InChI=1S/C19H17FN2O4S/c1-22(10-17-21-15-4-2-3-5-16(15)27-17)18(23)11-26-19(24)12-25-14-8-6-13(20)7-9-14/h2-9H,10-12H2,1H3. The molecule has 0 saturated carbocycles. The lowest BCUT2D eigenvalue weighted by Crippen LogP contribution is -2.31. The van der Waals surface area contributed by atoms with Crippen LogP contribution in [0.5, 0.6) is 5.75 Å². The summed E-state index contributed by atoms with van der Waals surface area (Å²) < 4.78 is 23.9. The van der Waals surface area contributed by atoms with E-state index in [2.05, 4.69) is 4.98 Å². The second-order valence-corrected chi connectivity index (χ2v) is 6.84. The van der Waals surface area contributed by atoms with Crippen LogP contribution in [0.15, 0.2) is 48.5 Å². The fourth-order valence-electron chi connectivity index (χ4n) is 2.25. The van der Waals surface area contributed by atoms with E-state index in [4.69, 9.17) is 9.47 Å². The molecule has 0 aliphatic rings. The molecule has 0 saturated heterocycles. The van der Waals surface area contributed by atoms with Gasteiger partial charge in [0.15, 0.2) is 13.2 Å². The summed E-state index contributed by atoms with van der Waals surface area (Å²) in [6, 6.07) is 13.0. The molecule has 1 heterocycles. The van der Waals surface area contributed by atoms with Crippen molar-refractivity contribution in [1.29, 1.82) is 0 Å². The van der Waals surface area contributed by atoms with E-state index in [0.717, 1.165) is 15.2 Å². The Hall–Kier alpha value is -3.00. The highest BCUT2D eigenvalue weighted by Crippen LogP contribution is 2.22. The summed E-state index contributed by atoms with van der Waals surface area (Å²) in [6.45, 7) is -0.407. The predicted molar refractivity (Wildman–Crippen MR) is 98.9 cm³/mol. The summed E-state index contributed by atoms with van der Waals surface area (Å²) in [5.74, 6) is -1.08. The number of likely N-dealkylation sites (N-methyl/N-ethyl adjacent to an activating group) is 1. The Balaban J connectivity index is 1.43. The molecular weight excluding hydrogens is 371 g/mol. The Morgan fingerprint density at radius 1 is 1.11 bits per heavy atom. The minimum atomic E-state index is -0.680. The highest BCUT2D eigenvalue weighted by atomic mass is 32.1. The number of halogens is 1. The summed E-state index contributed by atoms with van der Waals surface area (Å²) in [6.07, 6.45) is 0. The molecule has 0 spiro atoms. The Morgan fingerprint density at radius 2 is 1.85 bits per heavy atom. The van der Waals surface area contributed by atoms with Crippen molar-refractivity contribution < 1.29 is 23.5 Å². The number of thiazole rings is 1. The molecule has 0 aliphatic carbocycles. The van der Waals surface area contributed by atoms with Crippen LogP contribution in [0.2, 0.25) is 0 Å². The zero-order chi connectivity index (χ0) is 19.2. The summed E-state index contributed by atoms with van der Waals surface area (Å²) in [5.41, 5.74) is 0.891. The minimum absolute atomic E-state index is 0.335. The largest absolute Gasteiger partial charge is 0.482 e. The van der Waals surface area contributed by atoms with E-state index in [-0.39, 0.29) is 19.1 Å². The molecule has 3 rings (SSSR count). The Bertz CT molecular complexity index is 909. The molecule has 3 aromatic rings. The number of carbonyl (C=O) groups excluding carboxylic acids is 2. The van der Waals surface area contributed by atoms with Gasteiger partial charge in [0.25, 0.3) is 5.91 Å². The molecule has 0 aliphatic heterocycles. The first-order chi connectivity index (χ1) is 13.0. The smallest absolute Gasteiger partial charge is 0.344 e. The molecule has 0 unspecified atom stereocenters. The third-order valence-corrected chi connectivity index (χ3v) is 4.68. The van der Waals surface area contributed by atoms with E-state index >= 15 is 0 Å². The van der Waals surface area contributed by atoms with Gasteiger partial charge in [-0.3, -0.25) is 4.79 Å². The Labute approximate surface area is 159 Å². The molecule has 140 valence electrons. The summed E-state index contributed by atoms with van der Waals surface area (Å²) in [4.78, 5) is 29.7. The van der Waals surface area contributed by atoms with Crippen molar-refractivity contribution in [3.8, 4) is 5.75 Å². The minimum Gasteiger partial charge on any atom is -0.482 e. The molecule has 27 heavy (non-hydrogen) atoms. The second-order valence-electron chi connectivity index (χ2n) is 5.73. The van der Waals surface area contributed by atoms with E-state index in [0.29, 0.717) is 12.3 Å². The van der Waals surface area contributed by atoms with Crippen LogP contribution in [-0.4, -0.2) is 42.0 Å². The van der Waals surface area contributed by atoms with E-state index in [1.54, 1.807) is 7.05 Å². The molecular formula is C19H17FN2O4S. The molecule has 0 atom stereocenters. The van der Waals surface area contributed by atoms with Gasteiger partial charge in [-0.25, -0.2) is 14.2 Å². The maximum absolute atomic E-state index is 12.8. The highest BCUT2D eigenvalue weighted by molar-refractivity contribution is 7.18. The van der Waals surface area contributed by atoms with Crippen LogP contribution in [-0.2, 0) is 20.9 Å². The topological polar surface area (TPSA) is 68.7 Å². The number of carbonyl (C=O) groups is 2. The lowest BCUT2D eigenvalue weighted by molar-refractivity contribution is -0.153. The van der Waals surface area contributed by atoms with Crippen LogP contribution in [0.3, 0.4) is 0 Å². The fraction of sp³-hybridized carbons (Fsp3) is 0.211. The molecule has 8 heteroatoms. The monoisotopic (exact) mass is 388 g/mol. The van der Waals surface area contributed by atoms with E-state index < -0.39 is 11.8 Å². The second kappa shape index (κ2) is 8.59. The van der Waals surface area contributed by atoms with Crippen molar-refractivity contribution in [2.24, 2.45) is 0 Å². The maximum atomic E-state index is 12.8. The molecule has 1 aromatic heterocycles. The van der Waals surface area contributed by atoms with Crippen LogP contribution >= 0.6 is 11.3 Å². The number of para-hydroxylation sites is 1. The van der Waals surface area contributed by atoms with Crippen molar-refractivity contribution in [3.05, 3.63) is 59.4 Å². The quantitative estimate of drug-likeness (QED) is 0.582. The summed E-state index contributed by atoms with van der Waals surface area (Å²) >= 11 is 1.51. The molecule has 2 aromatic carbocycles. The van der Waals surface area contributed by atoms with Crippen molar-refractivity contribution in [1.82, 2.24) is 9.88 Å². The normalized spacial score (nSPS) is 10.6. The summed E-state index contributed by atoms with van der Waals surface area (Å²) in [5, 5.41) is 0.804. The van der Waals surface area contributed by atoms with Crippen molar-refractivity contribution in [2.75, 3.05) is 20.3 Å². The van der Waals surface area contributed by atoms with Crippen molar-refractivity contribution in [2.45, 2.75) is 6.54 Å². The number of amides is 1. The molecule has 0 bridgehead atoms. The number of hydrogen-bond acceptors (Lipinski definition) is 6. The third-order valence-electron chi connectivity index (χ3n) is 3.66. The number of esters is 1. The van der Waals surface area contributed by atoms with Gasteiger partial charge in [0.1, 0.15) is 16.6 Å². The molecule has 0 N–H and O–H groups in total. The summed E-state index contributed by atoms with van der Waals surface area (Å²) in [7, 11) is 1.62. The number of benzene rings is 2. The predicted octanol–water partition coefficient (Wildman–Crippen LogP) is 3.02. The average Bonchev–Trinajstić information content (AvgIpc) is 3.07. The maximum Gasteiger partial charge on any atom is 0.344 e. The van der Waals surface area contributed by atoms with Gasteiger partial charge in [-0.1, -0.05) is 12.1 Å². The zero-order valence-corrected chi connectivity index (χ0v) is 15.4. The van der Waals surface area contributed by atoms with Gasteiger partial charge in [0.05, 0.1) is 16.8 Å². The number of rotatable bonds is 7. The van der Waals surface area contributed by atoms with Gasteiger partial charge in [-0.15, -0.1) is 11.3 Å². The average molecular weight is 388 g/mol. The van der Waals surface area contributed by atoms with Crippen LogP contribution in [0.1, 0.15) is 5.01 Å². The van der Waals surface area contributed by atoms with Crippen molar-refractivity contribution in [3.63, 3.8) is 0 Å². The lowest BCUT2D eigenvalue weighted by atomic mass is 10.3. The van der Waals surface area contributed by atoms with Gasteiger partial charge in [-0.2, -0.15) is 0 Å². The Morgan fingerprint density at radius 3 is 2.59 bits per heavy atom. The van der Waals surface area contributed by atoms with Crippen LogP contribution in [0, 0.1) is 5.82 Å². The lowest BCUT2D eigenvalue weighted by Gasteiger charge is -2.15. The van der Waals surface area contributed by atoms with Gasteiger partial charge in [-0.05, 0) is 36.4 Å². The number of nitrogens with zero attached hydrogens (tertiary/aromatic N) is 2. The first-order valence-electron chi connectivity index (χ1n) is 8.13. The fourth-order valence-corrected chi connectivity index (χ4v) is 3.27. The van der Waals surface area contributed by atoms with Crippen molar-refractivity contribution >= 4 is 33.4 Å². The SMILES string of the molecule is CN(Cc1nc2ccccc2s1)C(=O)COC(=O)COc1ccc(F)cc1. The van der Waals surface area contributed by atoms with Crippen LogP contribution in [0.25, 0.3) is 10.2 Å². The number of ether oxygens (including phenoxy) is 2. The van der Waals surface area contributed by atoms with E-state index in [1.165, 1.54) is 40.5 Å². The first kappa shape index (κ1) is 18.8. The molecule has 1 amide bonds. The number of hydrogen-bond donors (Lipinski definition) is 0. The molecule has 0 fully saturated rings.